The predicted molar refractivity (Wildman–Crippen MR) is 43.9 cm³/mol. The summed E-state index contributed by atoms with van der Waals surface area (Å²) in [6, 6.07) is 0. The molecule has 2 rings (SSSR count). The second-order valence-electron chi connectivity index (χ2n) is 4.09. The van der Waals surface area contributed by atoms with Crippen molar-refractivity contribution in [2.45, 2.75) is 51.4 Å². The Morgan fingerprint density at radius 3 is 1.09 bits per heavy atom. The van der Waals surface area contributed by atoms with Gasteiger partial charge in [0, 0.05) is 19.5 Å². The van der Waals surface area contributed by atoms with Crippen molar-refractivity contribution in [2.75, 3.05) is 0 Å². The molecule has 0 N–H and O–H groups in total. The van der Waals surface area contributed by atoms with Gasteiger partial charge in [-0.05, 0) is 11.8 Å². The molecule has 2 aliphatic rings. The van der Waals surface area contributed by atoms with Crippen molar-refractivity contribution < 1.29 is 19.5 Å². The maximum atomic E-state index is 1.56. The second kappa shape index (κ2) is 4.60. The Hall–Kier alpha value is 0.623. The van der Waals surface area contributed by atoms with Gasteiger partial charge in [-0.1, -0.05) is 51.4 Å². The van der Waals surface area contributed by atoms with E-state index in [1.54, 1.807) is 25.7 Å². The van der Waals surface area contributed by atoms with Crippen molar-refractivity contribution in [3.05, 3.63) is 0 Å². The van der Waals surface area contributed by atoms with Gasteiger partial charge in [0.15, 0.2) is 0 Å². The fourth-order valence-corrected chi connectivity index (χ4v) is 2.86. The zero-order valence-electron chi connectivity index (χ0n) is 7.52. The molecule has 0 radical (unpaired) electrons. The van der Waals surface area contributed by atoms with Crippen LogP contribution in [0.3, 0.4) is 0 Å². The minimum Gasteiger partial charge on any atom is -0.0530 e. The molecule has 0 aliphatic heterocycles. The van der Waals surface area contributed by atoms with Crippen LogP contribution >= 0.6 is 0 Å². The summed E-state index contributed by atoms with van der Waals surface area (Å²) in [5, 5.41) is 0. The second-order valence-corrected chi connectivity index (χ2v) is 4.09. The fourth-order valence-electron chi connectivity index (χ4n) is 2.86. The van der Waals surface area contributed by atoms with Gasteiger partial charge < -0.3 is 0 Å². The van der Waals surface area contributed by atoms with Crippen molar-refractivity contribution in [3.8, 4) is 0 Å². The molecule has 60 valence electrons. The summed E-state index contributed by atoms with van der Waals surface area (Å²) in [7, 11) is 0. The molecular weight excluding hydrogens is 185 g/mol. The van der Waals surface area contributed by atoms with Gasteiger partial charge >= 0.3 is 0 Å². The molecule has 0 aromatic heterocycles. The quantitative estimate of drug-likeness (QED) is 0.574. The van der Waals surface area contributed by atoms with E-state index in [1.807, 2.05) is 0 Å². The molecule has 1 heteroatoms. The Morgan fingerprint density at radius 2 is 0.818 bits per heavy atom. The van der Waals surface area contributed by atoms with Crippen molar-refractivity contribution in [1.29, 1.82) is 0 Å². The first-order valence-corrected chi connectivity index (χ1v) is 4.97. The van der Waals surface area contributed by atoms with E-state index in [0.29, 0.717) is 0 Å². The van der Waals surface area contributed by atoms with E-state index in [9.17, 15) is 0 Å². The topological polar surface area (TPSA) is 0 Å². The average molecular weight is 204 g/mol. The monoisotopic (exact) mass is 202 g/mol. The molecule has 0 unspecified atom stereocenters. The third-order valence-corrected chi connectivity index (χ3v) is 3.47. The molecule has 0 aromatic rings. The van der Waals surface area contributed by atoms with Crippen LogP contribution in [0, 0.1) is 11.8 Å². The van der Waals surface area contributed by atoms with Gasteiger partial charge in [0.1, 0.15) is 0 Å². The molecule has 0 aromatic carbocycles. The minimum atomic E-state index is 0. The molecule has 0 saturated heterocycles. The molecule has 0 atom stereocenters. The maximum Gasteiger partial charge on any atom is 0 e. The molecule has 2 saturated carbocycles. The fraction of sp³-hybridized carbons (Fsp3) is 1.00. The molecule has 2 fully saturated rings. The summed E-state index contributed by atoms with van der Waals surface area (Å²) in [6.45, 7) is 0. The van der Waals surface area contributed by atoms with Crippen LogP contribution < -0.4 is 0 Å². The van der Waals surface area contributed by atoms with Crippen LogP contribution in [0.1, 0.15) is 51.4 Å². The molecule has 0 nitrogen and oxygen atoms in total. The molecule has 0 bridgehead atoms. The van der Waals surface area contributed by atoms with Crippen molar-refractivity contribution in [3.63, 3.8) is 0 Å². The normalized spacial score (nSPS) is 27.3. The number of hydrogen-bond donors (Lipinski definition) is 0. The SMILES string of the molecule is C1CCC(C2CCCC2)C1.[Zn]. The first-order chi connectivity index (χ1) is 4.97. The maximum absolute atomic E-state index is 1.56. The van der Waals surface area contributed by atoms with Gasteiger partial charge in [-0.3, -0.25) is 0 Å². The van der Waals surface area contributed by atoms with Crippen LogP contribution in [0.15, 0.2) is 0 Å². The zero-order valence-corrected chi connectivity index (χ0v) is 10.5. The number of hydrogen-bond acceptors (Lipinski definition) is 0. The van der Waals surface area contributed by atoms with Gasteiger partial charge in [0.2, 0.25) is 0 Å². The van der Waals surface area contributed by atoms with Gasteiger partial charge in [-0.25, -0.2) is 0 Å². The van der Waals surface area contributed by atoms with Crippen molar-refractivity contribution in [1.82, 2.24) is 0 Å². The van der Waals surface area contributed by atoms with Crippen molar-refractivity contribution >= 4 is 0 Å². The van der Waals surface area contributed by atoms with Gasteiger partial charge in [0.25, 0.3) is 0 Å². The van der Waals surface area contributed by atoms with Crippen molar-refractivity contribution in [2.24, 2.45) is 11.8 Å². The molecule has 0 heterocycles. The summed E-state index contributed by atoms with van der Waals surface area (Å²) in [5.74, 6) is 2.31. The predicted octanol–water partition coefficient (Wildman–Crippen LogP) is 3.36. The molecule has 0 amide bonds. The Morgan fingerprint density at radius 1 is 0.545 bits per heavy atom. The summed E-state index contributed by atoms with van der Waals surface area (Å²) in [4.78, 5) is 0. The van der Waals surface area contributed by atoms with Gasteiger partial charge in [0.05, 0.1) is 0 Å². The largest absolute Gasteiger partial charge is 0.0530 e. The Labute approximate surface area is 82.9 Å². The molecule has 11 heavy (non-hydrogen) atoms. The average Bonchev–Trinajstić information content (AvgIpc) is 2.59. The molecular formula is C10H18Zn. The first kappa shape index (κ1) is 9.71. The van der Waals surface area contributed by atoms with Crippen LogP contribution in [0.25, 0.3) is 0 Å². The summed E-state index contributed by atoms with van der Waals surface area (Å²) in [6.07, 6.45) is 12.4. The summed E-state index contributed by atoms with van der Waals surface area (Å²) >= 11 is 0. The van der Waals surface area contributed by atoms with E-state index in [4.69, 9.17) is 0 Å². The van der Waals surface area contributed by atoms with Crippen LogP contribution in [0.2, 0.25) is 0 Å². The Bertz CT molecular complexity index is 85.4. The smallest absolute Gasteiger partial charge is 0 e. The number of rotatable bonds is 1. The van der Waals surface area contributed by atoms with E-state index in [2.05, 4.69) is 0 Å². The van der Waals surface area contributed by atoms with E-state index in [0.717, 1.165) is 11.8 Å². The van der Waals surface area contributed by atoms with Crippen LogP contribution in [0.4, 0.5) is 0 Å². The van der Waals surface area contributed by atoms with E-state index in [-0.39, 0.29) is 19.5 Å². The van der Waals surface area contributed by atoms with E-state index in [1.165, 1.54) is 25.7 Å². The zero-order chi connectivity index (χ0) is 6.81. The van der Waals surface area contributed by atoms with Crippen LogP contribution in [-0.2, 0) is 19.5 Å². The molecule has 0 spiro atoms. The summed E-state index contributed by atoms with van der Waals surface area (Å²) < 4.78 is 0. The first-order valence-electron chi connectivity index (χ1n) is 4.97. The minimum absolute atomic E-state index is 0. The van der Waals surface area contributed by atoms with Gasteiger partial charge in [-0.2, -0.15) is 0 Å². The van der Waals surface area contributed by atoms with Gasteiger partial charge in [-0.15, -0.1) is 0 Å². The Kier molecular flexibility index (Phi) is 4.06. The Balaban J connectivity index is 0.000000605. The summed E-state index contributed by atoms with van der Waals surface area (Å²) in [5.41, 5.74) is 0. The molecule has 2 aliphatic carbocycles. The van der Waals surface area contributed by atoms with E-state index < -0.39 is 0 Å². The third-order valence-electron chi connectivity index (χ3n) is 3.47. The third kappa shape index (κ3) is 2.28. The van der Waals surface area contributed by atoms with Crippen LogP contribution in [-0.4, -0.2) is 0 Å². The van der Waals surface area contributed by atoms with Crippen LogP contribution in [0.5, 0.6) is 0 Å². The van der Waals surface area contributed by atoms with E-state index >= 15 is 0 Å². The standard InChI is InChI=1S/C10H18.Zn/c1-2-6-9(5-1)10-7-3-4-8-10;/h9-10H,1-8H2;.